The molecule has 1 aromatic heterocycles. The Balaban J connectivity index is 1.29. The predicted molar refractivity (Wildman–Crippen MR) is 132 cm³/mol. The van der Waals surface area contributed by atoms with Gasteiger partial charge >= 0.3 is 0 Å². The van der Waals surface area contributed by atoms with Crippen molar-refractivity contribution in [1.29, 1.82) is 0 Å². The molecule has 3 N–H and O–H groups in total. The molecule has 7 heteroatoms. The van der Waals surface area contributed by atoms with Gasteiger partial charge in [-0.05, 0) is 42.5 Å². The number of aromatic nitrogens is 1. The third-order valence-electron chi connectivity index (χ3n) is 6.53. The normalized spacial score (nSPS) is 18.7. The van der Waals surface area contributed by atoms with Crippen molar-refractivity contribution < 1.29 is 4.79 Å². The Morgan fingerprint density at radius 3 is 2.48 bits per heavy atom. The number of rotatable bonds is 6. The molecule has 5 rings (SSSR count). The lowest BCUT2D eigenvalue weighted by Crippen LogP contribution is -2.56. The fraction of sp³-hybridized carbons (Fsp3) is 0.308. The number of fused-ring (bicyclic) bond motifs is 1. The van der Waals surface area contributed by atoms with E-state index < -0.39 is 0 Å². The van der Waals surface area contributed by atoms with Gasteiger partial charge in [0.1, 0.15) is 6.17 Å². The van der Waals surface area contributed by atoms with Gasteiger partial charge in [0.25, 0.3) is 5.91 Å². The van der Waals surface area contributed by atoms with Crippen LogP contribution in [0.5, 0.6) is 0 Å². The fourth-order valence-electron chi connectivity index (χ4n) is 4.73. The highest BCUT2D eigenvalue weighted by atomic mass is 16.2. The number of hydrogen-bond acceptors (Lipinski definition) is 6. The number of carbonyl (C=O) groups excluding carboxylic acids is 1. The lowest BCUT2D eigenvalue weighted by molar-refractivity contribution is 0.0925. The second-order valence-electron chi connectivity index (χ2n) is 8.65. The van der Waals surface area contributed by atoms with E-state index in [1.54, 1.807) is 12.3 Å². The molecule has 0 saturated carbocycles. The van der Waals surface area contributed by atoms with Gasteiger partial charge in [-0.2, -0.15) is 0 Å². The molecule has 1 unspecified atom stereocenters. The van der Waals surface area contributed by atoms with Gasteiger partial charge < -0.3 is 20.9 Å². The quantitative estimate of drug-likeness (QED) is 0.572. The molecule has 1 amide bonds. The summed E-state index contributed by atoms with van der Waals surface area (Å²) in [5.41, 5.74) is 10.4. The summed E-state index contributed by atoms with van der Waals surface area (Å²) in [6.45, 7) is 5.83. The summed E-state index contributed by atoms with van der Waals surface area (Å²) >= 11 is 0. The Morgan fingerprint density at radius 1 is 0.939 bits per heavy atom. The van der Waals surface area contributed by atoms with Gasteiger partial charge in [0.05, 0.1) is 11.3 Å². The monoisotopic (exact) mass is 442 g/mol. The number of nitrogens with one attached hydrogen (secondary N) is 1. The van der Waals surface area contributed by atoms with E-state index in [-0.39, 0.29) is 12.1 Å². The number of amides is 1. The molecule has 1 saturated heterocycles. The summed E-state index contributed by atoms with van der Waals surface area (Å²) in [5.74, 6) is -0.0778. The molecule has 1 fully saturated rings. The van der Waals surface area contributed by atoms with Gasteiger partial charge in [-0.25, -0.2) is 0 Å². The Kier molecular flexibility index (Phi) is 6.13. The molecule has 0 bridgehead atoms. The van der Waals surface area contributed by atoms with Crippen LogP contribution in [-0.2, 0) is 6.42 Å². The van der Waals surface area contributed by atoms with Crippen LogP contribution in [0.25, 0.3) is 0 Å². The second-order valence-corrected chi connectivity index (χ2v) is 8.65. The Bertz CT molecular complexity index is 1080. The number of nitrogen functional groups attached to an aromatic ring is 1. The standard InChI is InChI=1S/C26H30N6O/c27-20-9-10-24-23(18-20)26(33)29-25(19-21-6-4-5-11-28-21)32(24)17-14-30-12-15-31(16-13-30)22-7-2-1-3-8-22/h1-11,18,25H,12-17,19,27H2,(H,29,33). The Morgan fingerprint density at radius 2 is 1.73 bits per heavy atom. The minimum atomic E-state index is -0.144. The van der Waals surface area contributed by atoms with E-state index >= 15 is 0 Å². The molecule has 0 spiro atoms. The van der Waals surface area contributed by atoms with Crippen molar-refractivity contribution in [1.82, 2.24) is 15.2 Å². The van der Waals surface area contributed by atoms with Gasteiger partial charge in [-0.3, -0.25) is 14.7 Å². The van der Waals surface area contributed by atoms with Crippen molar-refractivity contribution in [2.24, 2.45) is 0 Å². The number of carbonyl (C=O) groups is 1. The first kappa shape index (κ1) is 21.3. The maximum atomic E-state index is 12.8. The smallest absolute Gasteiger partial charge is 0.255 e. The van der Waals surface area contributed by atoms with Crippen molar-refractivity contribution in [3.8, 4) is 0 Å². The zero-order valence-electron chi connectivity index (χ0n) is 18.7. The zero-order chi connectivity index (χ0) is 22.6. The highest BCUT2D eigenvalue weighted by Gasteiger charge is 2.31. The van der Waals surface area contributed by atoms with Crippen LogP contribution in [0.1, 0.15) is 16.1 Å². The molecule has 3 heterocycles. The summed E-state index contributed by atoms with van der Waals surface area (Å²) in [7, 11) is 0. The molecular weight excluding hydrogens is 412 g/mol. The van der Waals surface area contributed by atoms with Crippen molar-refractivity contribution in [3.63, 3.8) is 0 Å². The van der Waals surface area contributed by atoms with Crippen molar-refractivity contribution in [2.45, 2.75) is 12.6 Å². The van der Waals surface area contributed by atoms with Gasteiger partial charge in [-0.1, -0.05) is 24.3 Å². The molecule has 0 radical (unpaired) electrons. The molecule has 1 atom stereocenters. The number of piperazine rings is 1. The highest BCUT2D eigenvalue weighted by molar-refractivity contribution is 6.02. The van der Waals surface area contributed by atoms with Crippen LogP contribution in [0.3, 0.4) is 0 Å². The van der Waals surface area contributed by atoms with E-state index in [0.717, 1.165) is 50.6 Å². The summed E-state index contributed by atoms with van der Waals surface area (Å²) < 4.78 is 0. The minimum absolute atomic E-state index is 0.0778. The predicted octanol–water partition coefficient (Wildman–Crippen LogP) is 2.60. The largest absolute Gasteiger partial charge is 0.399 e. The zero-order valence-corrected chi connectivity index (χ0v) is 18.7. The van der Waals surface area contributed by atoms with Crippen LogP contribution in [0, 0.1) is 0 Å². The van der Waals surface area contributed by atoms with E-state index in [1.807, 2.05) is 30.3 Å². The van der Waals surface area contributed by atoms with Crippen LogP contribution >= 0.6 is 0 Å². The van der Waals surface area contributed by atoms with Gasteiger partial charge in [0.15, 0.2) is 0 Å². The fourth-order valence-corrected chi connectivity index (χ4v) is 4.73. The van der Waals surface area contributed by atoms with Crippen LogP contribution < -0.4 is 20.9 Å². The summed E-state index contributed by atoms with van der Waals surface area (Å²) in [6.07, 6.45) is 2.30. The molecule has 3 aromatic rings. The number of para-hydroxylation sites is 1. The topological polar surface area (TPSA) is 77.7 Å². The molecule has 2 aliphatic heterocycles. The maximum absolute atomic E-state index is 12.8. The molecular formula is C26H30N6O. The van der Waals surface area contributed by atoms with Crippen LogP contribution in [0.4, 0.5) is 17.1 Å². The number of hydrogen-bond donors (Lipinski definition) is 2. The van der Waals surface area contributed by atoms with Gasteiger partial charge in [0.2, 0.25) is 0 Å². The number of nitrogens with zero attached hydrogens (tertiary/aromatic N) is 4. The van der Waals surface area contributed by atoms with E-state index in [0.29, 0.717) is 17.7 Å². The van der Waals surface area contributed by atoms with E-state index in [2.05, 4.69) is 55.3 Å². The average molecular weight is 443 g/mol. The minimum Gasteiger partial charge on any atom is -0.399 e. The van der Waals surface area contributed by atoms with Crippen LogP contribution in [0.15, 0.2) is 72.9 Å². The van der Waals surface area contributed by atoms with Gasteiger partial charge in [-0.15, -0.1) is 0 Å². The SMILES string of the molecule is Nc1ccc2c(c1)C(=O)NC(Cc1ccccn1)N2CCN1CCN(c2ccccc2)CC1. The third kappa shape index (κ3) is 4.78. The third-order valence-corrected chi connectivity index (χ3v) is 6.53. The molecule has 33 heavy (non-hydrogen) atoms. The Hall–Kier alpha value is -3.58. The van der Waals surface area contributed by atoms with Crippen molar-refractivity contribution in [3.05, 3.63) is 84.2 Å². The van der Waals surface area contributed by atoms with E-state index in [4.69, 9.17) is 5.73 Å². The lowest BCUT2D eigenvalue weighted by Gasteiger charge is -2.41. The lowest BCUT2D eigenvalue weighted by atomic mass is 10.0. The van der Waals surface area contributed by atoms with Crippen molar-refractivity contribution >= 4 is 23.0 Å². The summed E-state index contributed by atoms with van der Waals surface area (Å²) in [6, 6.07) is 22.1. The van der Waals surface area contributed by atoms with E-state index in [1.165, 1.54) is 5.69 Å². The molecule has 0 aliphatic carbocycles. The second kappa shape index (κ2) is 9.50. The Labute approximate surface area is 194 Å². The average Bonchev–Trinajstić information content (AvgIpc) is 2.86. The number of nitrogens with two attached hydrogens (primary N) is 1. The summed E-state index contributed by atoms with van der Waals surface area (Å²) in [4.78, 5) is 24.6. The first-order valence-corrected chi connectivity index (χ1v) is 11.6. The molecule has 170 valence electrons. The van der Waals surface area contributed by atoms with Crippen molar-refractivity contribution in [2.75, 3.05) is 54.8 Å². The number of benzene rings is 2. The van der Waals surface area contributed by atoms with Crippen LogP contribution in [-0.4, -0.2) is 61.2 Å². The maximum Gasteiger partial charge on any atom is 0.255 e. The van der Waals surface area contributed by atoms with E-state index in [9.17, 15) is 4.79 Å². The van der Waals surface area contributed by atoms with Crippen LogP contribution in [0.2, 0.25) is 0 Å². The number of anilines is 3. The molecule has 2 aliphatic rings. The van der Waals surface area contributed by atoms with Gasteiger partial charge in [0, 0.05) is 69.0 Å². The first-order valence-electron chi connectivity index (χ1n) is 11.6. The molecule has 2 aromatic carbocycles. The first-order chi connectivity index (χ1) is 16.2. The molecule has 7 nitrogen and oxygen atoms in total. The summed E-state index contributed by atoms with van der Waals surface area (Å²) in [5, 5.41) is 3.18. The highest BCUT2D eigenvalue weighted by Crippen LogP contribution is 2.29. The number of pyridine rings is 1.